The first kappa shape index (κ1) is 44.4. The second-order valence-corrected chi connectivity index (χ2v) is 20.0. The van der Waals surface area contributed by atoms with E-state index in [9.17, 15) is 61.3 Å². The fourth-order valence-corrected chi connectivity index (χ4v) is 12.4. The van der Waals surface area contributed by atoms with Crippen LogP contribution in [0.5, 0.6) is 0 Å². The maximum absolute atomic E-state index is 12.7. The second kappa shape index (κ2) is 15.3. The first-order chi connectivity index (χ1) is 26.4. The molecule has 0 aromatic rings. The maximum Gasteiger partial charge on any atom is 0.186 e. The van der Waals surface area contributed by atoms with Crippen LogP contribution in [-0.4, -0.2) is 183 Å². The number of hydrogen-bond acceptors (Lipinski definition) is 17. The molecular formula is C40H68O17. The van der Waals surface area contributed by atoms with Crippen LogP contribution in [0.25, 0.3) is 0 Å². The van der Waals surface area contributed by atoms with Gasteiger partial charge in [0.25, 0.3) is 0 Å². The number of rotatable bonds is 11. The molecular weight excluding hydrogens is 752 g/mol. The largest absolute Gasteiger partial charge is 0.394 e. The maximum atomic E-state index is 12.7. The van der Waals surface area contributed by atoms with Crippen LogP contribution in [0.4, 0.5) is 0 Å². The molecule has 7 aliphatic rings. The molecule has 4 aliphatic carbocycles. The van der Waals surface area contributed by atoms with Gasteiger partial charge in [-0.3, -0.25) is 0 Å². The molecule has 0 radical (unpaired) electrons. The molecule has 57 heavy (non-hydrogen) atoms. The summed E-state index contributed by atoms with van der Waals surface area (Å²) in [6, 6.07) is 0. The van der Waals surface area contributed by atoms with Crippen LogP contribution in [0, 0.1) is 40.4 Å². The highest BCUT2D eigenvalue weighted by Crippen LogP contribution is 2.73. The van der Waals surface area contributed by atoms with Crippen molar-refractivity contribution in [3.63, 3.8) is 0 Å². The van der Waals surface area contributed by atoms with Gasteiger partial charge in [0, 0.05) is 24.7 Å². The lowest BCUT2D eigenvalue weighted by molar-refractivity contribution is -0.344. The van der Waals surface area contributed by atoms with Crippen molar-refractivity contribution in [3.05, 3.63) is 0 Å². The lowest BCUT2D eigenvalue weighted by Gasteiger charge is -2.64. The van der Waals surface area contributed by atoms with Crippen LogP contribution in [0.1, 0.15) is 86.5 Å². The molecule has 7 rings (SSSR count). The van der Waals surface area contributed by atoms with E-state index in [1.807, 2.05) is 13.8 Å². The van der Waals surface area contributed by atoms with Crippen LogP contribution in [0.15, 0.2) is 0 Å². The lowest BCUT2D eigenvalue weighted by atomic mass is 9.42. The number of fused-ring (bicyclic) bond motifs is 8. The molecule has 24 unspecified atom stereocenters. The molecule has 3 heterocycles. The minimum absolute atomic E-state index is 0.0361. The van der Waals surface area contributed by atoms with Crippen molar-refractivity contribution in [1.29, 1.82) is 0 Å². The van der Waals surface area contributed by atoms with Gasteiger partial charge in [0.15, 0.2) is 12.6 Å². The van der Waals surface area contributed by atoms with Gasteiger partial charge in [0.1, 0.15) is 60.5 Å². The summed E-state index contributed by atoms with van der Waals surface area (Å²) in [6.45, 7) is 9.67. The third-order valence-electron chi connectivity index (χ3n) is 16.6. The molecule has 24 atom stereocenters. The number of aliphatic hydroxyl groups is 12. The van der Waals surface area contributed by atoms with E-state index < -0.39 is 121 Å². The third-order valence-corrected chi connectivity index (χ3v) is 16.6. The summed E-state index contributed by atoms with van der Waals surface area (Å²) in [4.78, 5) is 0. The average molecular weight is 821 g/mol. The molecule has 0 bridgehead atoms. The van der Waals surface area contributed by atoms with Crippen molar-refractivity contribution in [2.75, 3.05) is 13.2 Å². The van der Waals surface area contributed by atoms with E-state index in [1.54, 1.807) is 6.92 Å². The van der Waals surface area contributed by atoms with Crippen molar-refractivity contribution in [1.82, 2.24) is 0 Å². The second-order valence-electron chi connectivity index (χ2n) is 20.0. The van der Waals surface area contributed by atoms with Gasteiger partial charge in [-0.2, -0.15) is 0 Å². The zero-order valence-electron chi connectivity index (χ0n) is 33.8. The fraction of sp³-hybridized carbons (Fsp3) is 1.00. The summed E-state index contributed by atoms with van der Waals surface area (Å²) in [7, 11) is 0. The number of ether oxygens (including phenoxy) is 5. The Labute approximate surface area is 333 Å². The van der Waals surface area contributed by atoms with Gasteiger partial charge < -0.3 is 85.0 Å². The van der Waals surface area contributed by atoms with Crippen molar-refractivity contribution in [2.24, 2.45) is 40.4 Å². The Morgan fingerprint density at radius 2 is 1.40 bits per heavy atom. The Hall–Kier alpha value is -0.680. The fourth-order valence-electron chi connectivity index (χ4n) is 12.4. The normalized spacial score (nSPS) is 54.4. The van der Waals surface area contributed by atoms with Crippen molar-refractivity contribution < 1.29 is 85.0 Å². The Kier molecular flexibility index (Phi) is 11.9. The summed E-state index contributed by atoms with van der Waals surface area (Å²) in [5.41, 5.74) is -5.52. The molecule has 0 aromatic heterocycles. The molecule has 17 nitrogen and oxygen atoms in total. The van der Waals surface area contributed by atoms with E-state index >= 15 is 0 Å². The average Bonchev–Trinajstić information content (AvgIpc) is 3.87. The predicted octanol–water partition coefficient (Wildman–Crippen LogP) is -2.36. The van der Waals surface area contributed by atoms with Gasteiger partial charge >= 0.3 is 0 Å². The first-order valence-electron chi connectivity index (χ1n) is 20.9. The smallest absolute Gasteiger partial charge is 0.186 e. The quantitative estimate of drug-likeness (QED) is 0.0767. The van der Waals surface area contributed by atoms with Gasteiger partial charge in [-0.1, -0.05) is 20.8 Å². The molecule has 12 N–H and O–H groups in total. The van der Waals surface area contributed by atoms with Gasteiger partial charge in [-0.05, 0) is 81.5 Å². The van der Waals surface area contributed by atoms with Crippen molar-refractivity contribution in [2.45, 2.75) is 195 Å². The van der Waals surface area contributed by atoms with E-state index in [0.717, 1.165) is 25.7 Å². The molecule has 7 fully saturated rings. The van der Waals surface area contributed by atoms with E-state index in [4.69, 9.17) is 23.7 Å². The topological polar surface area (TPSA) is 292 Å². The first-order valence-corrected chi connectivity index (χ1v) is 20.9. The van der Waals surface area contributed by atoms with Gasteiger partial charge in [0.2, 0.25) is 0 Å². The highest BCUT2D eigenvalue weighted by Gasteiger charge is 2.78. The van der Waals surface area contributed by atoms with E-state index in [2.05, 4.69) is 6.92 Å². The summed E-state index contributed by atoms with van der Waals surface area (Å²) >= 11 is 0. The monoisotopic (exact) mass is 820 g/mol. The van der Waals surface area contributed by atoms with Crippen LogP contribution in [0.2, 0.25) is 0 Å². The van der Waals surface area contributed by atoms with Crippen LogP contribution < -0.4 is 0 Å². The summed E-state index contributed by atoms with van der Waals surface area (Å²) < 4.78 is 29.4. The predicted molar refractivity (Wildman–Crippen MR) is 195 cm³/mol. The third kappa shape index (κ3) is 7.05. The molecule has 3 saturated heterocycles. The van der Waals surface area contributed by atoms with E-state index in [0.29, 0.717) is 0 Å². The van der Waals surface area contributed by atoms with E-state index in [-0.39, 0.29) is 60.4 Å². The highest BCUT2D eigenvalue weighted by molar-refractivity contribution is 5.26. The molecule has 0 aromatic carbocycles. The molecule has 3 aliphatic heterocycles. The van der Waals surface area contributed by atoms with Crippen molar-refractivity contribution >= 4 is 0 Å². The molecule has 0 spiro atoms. The molecule has 0 amide bonds. The van der Waals surface area contributed by atoms with Crippen LogP contribution in [0.3, 0.4) is 0 Å². The summed E-state index contributed by atoms with van der Waals surface area (Å²) in [5.74, 6) is 0.186. The summed E-state index contributed by atoms with van der Waals surface area (Å²) in [5, 5.41) is 130. The number of hydrogen-bond donors (Lipinski definition) is 12. The number of epoxide rings is 1. The van der Waals surface area contributed by atoms with Gasteiger partial charge in [0.05, 0.1) is 48.8 Å². The highest BCUT2D eigenvalue weighted by atomic mass is 16.7. The van der Waals surface area contributed by atoms with Gasteiger partial charge in [-0.25, -0.2) is 0 Å². The molecule has 4 saturated carbocycles. The Bertz CT molecular complexity index is 1430. The minimum atomic E-state index is -1.76. The zero-order valence-corrected chi connectivity index (χ0v) is 33.8. The lowest BCUT2D eigenvalue weighted by Crippen LogP contribution is -2.71. The van der Waals surface area contributed by atoms with Crippen molar-refractivity contribution in [3.8, 4) is 0 Å². The zero-order chi connectivity index (χ0) is 41.9. The number of aliphatic hydroxyl groups excluding tert-OH is 9. The Morgan fingerprint density at radius 1 is 0.789 bits per heavy atom. The Morgan fingerprint density at radius 3 is 2.04 bits per heavy atom. The van der Waals surface area contributed by atoms with E-state index in [1.165, 1.54) is 13.8 Å². The minimum Gasteiger partial charge on any atom is -0.394 e. The SMILES string of the molecule is CC(C(O)CC(C)(O)C(C)(C)O)C1CCC2C3C4OC4C4(O)CC(OC5OC(COC6OC(CO)C(O)C(O)C6O)C(O)C(O)C5O)CC(O)C4(C)C3CCC12C. The van der Waals surface area contributed by atoms with Gasteiger partial charge in [-0.15, -0.1) is 0 Å². The van der Waals surface area contributed by atoms with Crippen LogP contribution in [-0.2, 0) is 23.7 Å². The molecule has 17 heteroatoms. The van der Waals surface area contributed by atoms with Crippen LogP contribution >= 0.6 is 0 Å². The summed E-state index contributed by atoms with van der Waals surface area (Å²) in [6.07, 6.45) is -15.9. The Balaban J connectivity index is 1.02. The standard InChI is InChI=1S/C40H68O17/c1-16(21(42)13-38(5,51)36(2,3)50)18-7-8-19-25-20(9-10-37(18,19)4)39(6)24(43)11-17(12-40(39,52)33-32(25)57-33)54-35-31(49)29(47)27(45)23(56-35)15-53-34-30(48)28(46)26(44)22(14-41)55-34/h16-35,41-52H,7-15H2,1-6H3. The molecule has 330 valence electrons.